The zero-order valence-electron chi connectivity index (χ0n) is 11.4. The first kappa shape index (κ1) is 12.9. The summed E-state index contributed by atoms with van der Waals surface area (Å²) in [6, 6.07) is 18.4. The zero-order valence-corrected chi connectivity index (χ0v) is 12.3. The number of hydrogen-bond donors (Lipinski definition) is 1. The van der Waals surface area contributed by atoms with Crippen molar-refractivity contribution in [1.29, 1.82) is 0 Å². The Morgan fingerprint density at radius 2 is 2.00 bits per heavy atom. The van der Waals surface area contributed by atoms with Crippen molar-refractivity contribution in [2.24, 2.45) is 0 Å². The maximum atomic E-state index is 10.8. The highest BCUT2D eigenvalue weighted by Gasteiger charge is 2.30. The van der Waals surface area contributed by atoms with Crippen LogP contribution in [0.3, 0.4) is 0 Å². The number of aromatic nitrogens is 1. The number of benzene rings is 2. The van der Waals surface area contributed by atoms with Crippen LogP contribution in [0.4, 0.5) is 0 Å². The van der Waals surface area contributed by atoms with E-state index in [0.29, 0.717) is 0 Å². The molecule has 4 rings (SSSR count). The summed E-state index contributed by atoms with van der Waals surface area (Å²) in [6.07, 6.45) is 1.31. The lowest BCUT2D eigenvalue weighted by molar-refractivity contribution is 0.154. The van der Waals surface area contributed by atoms with E-state index in [4.69, 9.17) is 0 Å². The molecule has 0 fully saturated rings. The molecule has 0 saturated carbocycles. The Labute approximate surface area is 127 Å². The van der Waals surface area contributed by atoms with E-state index in [1.54, 1.807) is 6.20 Å². The van der Waals surface area contributed by atoms with E-state index < -0.39 is 6.10 Å². The largest absolute Gasteiger partial charge is 0.388 e. The number of hydrogen-bond acceptors (Lipinski definition) is 3. The number of pyridine rings is 1. The molecular formula is C18H15NOS. The number of thioether (sulfide) groups is 1. The van der Waals surface area contributed by atoms with Crippen molar-refractivity contribution < 1.29 is 5.11 Å². The summed E-state index contributed by atoms with van der Waals surface area (Å²) < 4.78 is 0. The Bertz CT molecular complexity index is 802. The average Bonchev–Trinajstić information content (AvgIpc) is 2.98. The Balaban J connectivity index is 1.72. The van der Waals surface area contributed by atoms with E-state index in [1.165, 1.54) is 10.5 Å². The van der Waals surface area contributed by atoms with Gasteiger partial charge in [-0.25, -0.2) is 0 Å². The van der Waals surface area contributed by atoms with E-state index in [1.807, 2.05) is 48.2 Å². The van der Waals surface area contributed by atoms with Gasteiger partial charge in [-0.15, -0.1) is 11.8 Å². The van der Waals surface area contributed by atoms with Gasteiger partial charge in [0.25, 0.3) is 0 Å². The van der Waals surface area contributed by atoms with Crippen LogP contribution in [-0.2, 0) is 0 Å². The second-order valence-electron chi connectivity index (χ2n) is 5.36. The quantitative estimate of drug-likeness (QED) is 0.770. The Hall–Kier alpha value is -1.84. The van der Waals surface area contributed by atoms with Gasteiger partial charge in [0, 0.05) is 28.1 Å². The van der Waals surface area contributed by atoms with Crippen molar-refractivity contribution in [1.82, 2.24) is 4.98 Å². The molecule has 0 radical (unpaired) electrons. The van der Waals surface area contributed by atoms with Crippen LogP contribution in [0.5, 0.6) is 0 Å². The van der Waals surface area contributed by atoms with Crippen LogP contribution in [0.2, 0.25) is 0 Å². The van der Waals surface area contributed by atoms with Crippen LogP contribution < -0.4 is 0 Å². The molecule has 0 aliphatic carbocycles. The summed E-state index contributed by atoms with van der Waals surface area (Å²) in [4.78, 5) is 5.67. The van der Waals surface area contributed by atoms with Gasteiger partial charge in [-0.05, 0) is 29.3 Å². The monoisotopic (exact) mass is 293 g/mol. The van der Waals surface area contributed by atoms with Gasteiger partial charge >= 0.3 is 0 Å². The molecule has 2 heterocycles. The normalized spacial score (nSPS) is 18.6. The molecule has 0 amide bonds. The van der Waals surface area contributed by atoms with Crippen LogP contribution in [0.1, 0.15) is 23.1 Å². The second kappa shape index (κ2) is 5.17. The predicted octanol–water partition coefficient (Wildman–Crippen LogP) is 4.16. The molecule has 3 heteroatoms. The highest BCUT2D eigenvalue weighted by atomic mass is 32.2. The molecule has 1 aliphatic rings. The fourth-order valence-electron chi connectivity index (χ4n) is 2.95. The lowest BCUT2D eigenvalue weighted by Gasteiger charge is -2.19. The number of aliphatic hydroxyl groups excluding tert-OH is 1. The lowest BCUT2D eigenvalue weighted by Crippen LogP contribution is -2.10. The summed E-state index contributed by atoms with van der Waals surface area (Å²) in [6.45, 7) is 0. The minimum atomic E-state index is -0.479. The summed E-state index contributed by atoms with van der Waals surface area (Å²) in [5.41, 5.74) is 3.15. The molecule has 2 unspecified atom stereocenters. The standard InChI is InChI=1S/C18H15NOS/c20-18(15-11-21-17-6-2-1-5-14(15)17)13-8-7-12-4-3-9-19-16(12)10-13/h1-10,15,18,20H,11H2. The average molecular weight is 293 g/mol. The second-order valence-corrected chi connectivity index (χ2v) is 6.42. The smallest absolute Gasteiger partial charge is 0.0867 e. The third-order valence-electron chi connectivity index (χ3n) is 4.09. The minimum absolute atomic E-state index is 0.160. The number of rotatable bonds is 2. The lowest BCUT2D eigenvalue weighted by atomic mass is 9.90. The molecule has 104 valence electrons. The maximum absolute atomic E-state index is 10.8. The van der Waals surface area contributed by atoms with Crippen molar-refractivity contribution in [3.63, 3.8) is 0 Å². The van der Waals surface area contributed by atoms with Gasteiger partial charge in [0.2, 0.25) is 0 Å². The van der Waals surface area contributed by atoms with E-state index in [-0.39, 0.29) is 5.92 Å². The van der Waals surface area contributed by atoms with Gasteiger partial charge in [0.15, 0.2) is 0 Å². The third-order valence-corrected chi connectivity index (χ3v) is 5.30. The molecular weight excluding hydrogens is 278 g/mol. The fourth-order valence-corrected chi connectivity index (χ4v) is 4.23. The molecule has 0 spiro atoms. The maximum Gasteiger partial charge on any atom is 0.0867 e. The highest BCUT2D eigenvalue weighted by Crippen LogP contribution is 2.45. The number of nitrogens with zero attached hydrogens (tertiary/aromatic N) is 1. The number of fused-ring (bicyclic) bond motifs is 2. The van der Waals surface area contributed by atoms with Crippen molar-refractivity contribution >= 4 is 22.7 Å². The van der Waals surface area contributed by atoms with Crippen LogP contribution in [0, 0.1) is 0 Å². The molecule has 0 saturated heterocycles. The van der Waals surface area contributed by atoms with Crippen LogP contribution in [0.25, 0.3) is 10.9 Å². The zero-order chi connectivity index (χ0) is 14.2. The van der Waals surface area contributed by atoms with E-state index in [2.05, 4.69) is 23.2 Å². The first-order chi connectivity index (χ1) is 10.3. The molecule has 0 bridgehead atoms. The van der Waals surface area contributed by atoms with Gasteiger partial charge < -0.3 is 5.11 Å². The molecule has 21 heavy (non-hydrogen) atoms. The first-order valence-corrected chi connectivity index (χ1v) is 8.06. The number of aliphatic hydroxyl groups is 1. The Morgan fingerprint density at radius 3 is 2.95 bits per heavy atom. The fraction of sp³-hybridized carbons (Fsp3) is 0.167. The molecule has 2 atom stereocenters. The molecule has 3 aromatic rings. The van der Waals surface area contributed by atoms with Crippen molar-refractivity contribution in [3.05, 3.63) is 71.9 Å². The Kier molecular flexibility index (Phi) is 3.17. The predicted molar refractivity (Wildman–Crippen MR) is 86.6 cm³/mol. The first-order valence-electron chi connectivity index (χ1n) is 7.07. The van der Waals surface area contributed by atoms with Gasteiger partial charge in [-0.1, -0.05) is 36.4 Å². The Morgan fingerprint density at radius 1 is 1.10 bits per heavy atom. The van der Waals surface area contributed by atoms with Crippen LogP contribution in [0.15, 0.2) is 65.7 Å². The van der Waals surface area contributed by atoms with E-state index in [0.717, 1.165) is 22.2 Å². The molecule has 2 aromatic carbocycles. The molecule has 1 aromatic heterocycles. The van der Waals surface area contributed by atoms with Gasteiger partial charge in [0.05, 0.1) is 11.6 Å². The highest BCUT2D eigenvalue weighted by molar-refractivity contribution is 7.99. The van der Waals surface area contributed by atoms with Crippen LogP contribution in [-0.4, -0.2) is 15.8 Å². The summed E-state index contributed by atoms with van der Waals surface area (Å²) >= 11 is 1.83. The van der Waals surface area contributed by atoms with Crippen molar-refractivity contribution in [2.45, 2.75) is 16.9 Å². The van der Waals surface area contributed by atoms with Crippen LogP contribution >= 0.6 is 11.8 Å². The summed E-state index contributed by atoms with van der Waals surface area (Å²) in [5, 5.41) is 11.9. The van der Waals surface area contributed by atoms with Crippen molar-refractivity contribution in [2.75, 3.05) is 5.75 Å². The van der Waals surface area contributed by atoms with Gasteiger partial charge in [-0.3, -0.25) is 4.98 Å². The van der Waals surface area contributed by atoms with Gasteiger partial charge in [-0.2, -0.15) is 0 Å². The van der Waals surface area contributed by atoms with Crippen molar-refractivity contribution in [3.8, 4) is 0 Å². The summed E-state index contributed by atoms with van der Waals surface area (Å²) in [5.74, 6) is 1.09. The molecule has 1 N–H and O–H groups in total. The van der Waals surface area contributed by atoms with E-state index in [9.17, 15) is 5.11 Å². The molecule has 2 nitrogen and oxygen atoms in total. The summed E-state index contributed by atoms with van der Waals surface area (Å²) in [7, 11) is 0. The topological polar surface area (TPSA) is 33.1 Å². The third kappa shape index (κ3) is 2.23. The molecule has 1 aliphatic heterocycles. The van der Waals surface area contributed by atoms with Gasteiger partial charge in [0.1, 0.15) is 0 Å². The van der Waals surface area contributed by atoms with E-state index >= 15 is 0 Å². The minimum Gasteiger partial charge on any atom is -0.388 e. The SMILES string of the molecule is OC(c1ccc2cccnc2c1)C1CSc2ccccc21.